The number of ether oxygens (including phenoxy) is 2. The van der Waals surface area contributed by atoms with Crippen molar-refractivity contribution in [2.75, 3.05) is 6.61 Å². The van der Waals surface area contributed by atoms with Crippen LogP contribution in [0.4, 0.5) is 0 Å². The summed E-state index contributed by atoms with van der Waals surface area (Å²) in [6.07, 6.45) is 0. The van der Waals surface area contributed by atoms with Crippen LogP contribution in [0.3, 0.4) is 0 Å². The number of hydrogen-bond donors (Lipinski definition) is 1. The van der Waals surface area contributed by atoms with E-state index in [-0.39, 0.29) is 0 Å². The van der Waals surface area contributed by atoms with Gasteiger partial charge in [0.2, 0.25) is 0 Å². The van der Waals surface area contributed by atoms with Crippen molar-refractivity contribution in [1.29, 1.82) is 0 Å². The maximum Gasteiger partial charge on any atom is 0.161 e. The number of benzene rings is 1. The van der Waals surface area contributed by atoms with Gasteiger partial charge < -0.3 is 15.2 Å². The average Bonchev–Trinajstić information content (AvgIpc) is 2.90. The van der Waals surface area contributed by atoms with E-state index in [4.69, 9.17) is 15.2 Å². The zero-order valence-corrected chi connectivity index (χ0v) is 11.2. The third-order valence-corrected chi connectivity index (χ3v) is 3.34. The van der Waals surface area contributed by atoms with Crippen LogP contribution in [0.15, 0.2) is 35.7 Å². The quantitative estimate of drug-likeness (QED) is 0.870. The van der Waals surface area contributed by atoms with E-state index in [0.717, 1.165) is 17.1 Å². The summed E-state index contributed by atoms with van der Waals surface area (Å²) in [5.41, 5.74) is 6.66. The minimum Gasteiger partial charge on any atom is -0.490 e. The van der Waals surface area contributed by atoms with Gasteiger partial charge in [0.25, 0.3) is 0 Å². The molecule has 0 unspecified atom stereocenters. The molecule has 0 aliphatic heterocycles. The molecule has 1 heterocycles. The van der Waals surface area contributed by atoms with E-state index in [1.54, 1.807) is 11.3 Å². The lowest BCUT2D eigenvalue weighted by Gasteiger charge is -2.12. The van der Waals surface area contributed by atoms with Gasteiger partial charge in [-0.25, -0.2) is 0 Å². The van der Waals surface area contributed by atoms with E-state index in [9.17, 15) is 0 Å². The second kappa shape index (κ2) is 6.42. The molecule has 18 heavy (non-hydrogen) atoms. The highest BCUT2D eigenvalue weighted by Gasteiger charge is 2.06. The summed E-state index contributed by atoms with van der Waals surface area (Å²) in [5, 5.41) is 2.04. The molecule has 1 aromatic heterocycles. The van der Waals surface area contributed by atoms with Gasteiger partial charge in [-0.1, -0.05) is 12.1 Å². The lowest BCUT2D eigenvalue weighted by Crippen LogP contribution is -2.01. The Kier molecular flexibility index (Phi) is 4.61. The maximum atomic E-state index is 5.78. The molecular weight excluding hydrogens is 246 g/mol. The zero-order chi connectivity index (χ0) is 12.8. The van der Waals surface area contributed by atoms with Crippen molar-refractivity contribution in [2.24, 2.45) is 5.73 Å². The van der Waals surface area contributed by atoms with Gasteiger partial charge in [-0.2, -0.15) is 0 Å². The van der Waals surface area contributed by atoms with Crippen molar-refractivity contribution in [3.8, 4) is 11.5 Å². The minimum atomic E-state index is 0.505. The van der Waals surface area contributed by atoms with Crippen LogP contribution >= 0.6 is 11.3 Å². The van der Waals surface area contributed by atoms with E-state index < -0.39 is 0 Å². The Balaban J connectivity index is 2.10. The van der Waals surface area contributed by atoms with E-state index in [0.29, 0.717) is 19.8 Å². The molecule has 96 valence electrons. The molecule has 0 bridgehead atoms. The molecule has 0 saturated heterocycles. The van der Waals surface area contributed by atoms with E-state index in [1.165, 1.54) is 4.88 Å². The van der Waals surface area contributed by atoms with Crippen LogP contribution in [0.1, 0.15) is 17.4 Å². The molecule has 0 amide bonds. The van der Waals surface area contributed by atoms with E-state index in [1.807, 2.05) is 36.6 Å². The minimum absolute atomic E-state index is 0.505. The van der Waals surface area contributed by atoms with Gasteiger partial charge >= 0.3 is 0 Å². The predicted molar refractivity (Wildman–Crippen MR) is 74.2 cm³/mol. The molecule has 3 nitrogen and oxygen atoms in total. The van der Waals surface area contributed by atoms with Gasteiger partial charge in [0.1, 0.15) is 6.61 Å². The summed E-state index contributed by atoms with van der Waals surface area (Å²) in [6.45, 7) is 3.65. The second-order valence-electron chi connectivity index (χ2n) is 3.79. The highest BCUT2D eigenvalue weighted by molar-refractivity contribution is 7.09. The molecule has 0 radical (unpaired) electrons. The van der Waals surface area contributed by atoms with Gasteiger partial charge in [0, 0.05) is 11.4 Å². The SMILES string of the molecule is CCOc1cc(CN)ccc1OCc1cccs1. The highest BCUT2D eigenvalue weighted by Crippen LogP contribution is 2.29. The standard InChI is InChI=1S/C14H17NO2S/c1-2-16-14-8-11(9-15)5-6-13(14)17-10-12-4-3-7-18-12/h3-8H,2,9-10,15H2,1H3. The first kappa shape index (κ1) is 12.9. The molecule has 0 aliphatic carbocycles. The number of rotatable bonds is 6. The van der Waals surface area contributed by atoms with Crippen molar-refractivity contribution >= 4 is 11.3 Å². The summed E-state index contributed by atoms with van der Waals surface area (Å²) in [5.74, 6) is 1.53. The Bertz CT molecular complexity index is 483. The van der Waals surface area contributed by atoms with Crippen LogP contribution in [-0.4, -0.2) is 6.61 Å². The third-order valence-electron chi connectivity index (χ3n) is 2.49. The fourth-order valence-electron chi connectivity index (χ4n) is 1.61. The normalized spacial score (nSPS) is 10.3. The molecule has 0 atom stereocenters. The van der Waals surface area contributed by atoms with Crippen molar-refractivity contribution in [3.05, 3.63) is 46.2 Å². The van der Waals surface area contributed by atoms with Gasteiger partial charge in [-0.15, -0.1) is 11.3 Å². The predicted octanol–water partition coefficient (Wildman–Crippen LogP) is 3.18. The summed E-state index contributed by atoms with van der Waals surface area (Å²) < 4.78 is 11.4. The average molecular weight is 263 g/mol. The smallest absolute Gasteiger partial charge is 0.161 e. The van der Waals surface area contributed by atoms with Crippen LogP contribution in [-0.2, 0) is 13.2 Å². The number of nitrogens with two attached hydrogens (primary N) is 1. The maximum absolute atomic E-state index is 5.78. The lowest BCUT2D eigenvalue weighted by atomic mass is 10.2. The molecular formula is C14H17NO2S. The topological polar surface area (TPSA) is 44.5 Å². The summed E-state index contributed by atoms with van der Waals surface area (Å²) >= 11 is 1.68. The fraction of sp³-hybridized carbons (Fsp3) is 0.286. The summed E-state index contributed by atoms with van der Waals surface area (Å²) in [7, 11) is 0. The summed E-state index contributed by atoms with van der Waals surface area (Å²) in [6, 6.07) is 9.89. The molecule has 1 aromatic carbocycles. The Labute approximate surface area is 111 Å². The molecule has 0 aliphatic rings. The molecule has 2 rings (SSSR count). The molecule has 0 saturated carbocycles. The first-order chi connectivity index (χ1) is 8.83. The van der Waals surface area contributed by atoms with Crippen LogP contribution in [0.5, 0.6) is 11.5 Å². The van der Waals surface area contributed by atoms with Crippen LogP contribution in [0, 0.1) is 0 Å². The molecule has 2 N–H and O–H groups in total. The van der Waals surface area contributed by atoms with Crippen LogP contribution in [0.25, 0.3) is 0 Å². The lowest BCUT2D eigenvalue weighted by molar-refractivity contribution is 0.271. The number of thiophene rings is 1. The molecule has 0 spiro atoms. The molecule has 4 heteroatoms. The zero-order valence-electron chi connectivity index (χ0n) is 10.4. The Morgan fingerprint density at radius 2 is 2.06 bits per heavy atom. The van der Waals surface area contributed by atoms with Crippen molar-refractivity contribution in [1.82, 2.24) is 0 Å². The number of hydrogen-bond acceptors (Lipinski definition) is 4. The first-order valence-corrected chi connectivity index (χ1v) is 6.82. The highest BCUT2D eigenvalue weighted by atomic mass is 32.1. The Morgan fingerprint density at radius 3 is 2.72 bits per heavy atom. The van der Waals surface area contributed by atoms with Gasteiger partial charge in [0.05, 0.1) is 6.61 Å². The Morgan fingerprint density at radius 1 is 1.17 bits per heavy atom. The van der Waals surface area contributed by atoms with Crippen molar-refractivity contribution < 1.29 is 9.47 Å². The first-order valence-electron chi connectivity index (χ1n) is 5.94. The largest absolute Gasteiger partial charge is 0.490 e. The summed E-state index contributed by atoms with van der Waals surface area (Å²) in [4.78, 5) is 1.19. The van der Waals surface area contributed by atoms with Crippen LogP contribution < -0.4 is 15.2 Å². The van der Waals surface area contributed by atoms with Gasteiger partial charge in [0.15, 0.2) is 11.5 Å². The Hall–Kier alpha value is -1.52. The van der Waals surface area contributed by atoms with Crippen molar-refractivity contribution in [3.63, 3.8) is 0 Å². The monoisotopic (exact) mass is 263 g/mol. The van der Waals surface area contributed by atoms with Gasteiger partial charge in [-0.3, -0.25) is 0 Å². The van der Waals surface area contributed by atoms with Crippen LogP contribution in [0.2, 0.25) is 0 Å². The molecule has 0 fully saturated rings. The van der Waals surface area contributed by atoms with Crippen molar-refractivity contribution in [2.45, 2.75) is 20.1 Å². The van der Waals surface area contributed by atoms with Gasteiger partial charge in [-0.05, 0) is 36.1 Å². The van der Waals surface area contributed by atoms with E-state index >= 15 is 0 Å². The molecule has 2 aromatic rings. The third kappa shape index (κ3) is 3.24. The second-order valence-corrected chi connectivity index (χ2v) is 4.82. The van der Waals surface area contributed by atoms with E-state index in [2.05, 4.69) is 6.07 Å². The fourth-order valence-corrected chi connectivity index (χ4v) is 2.23.